The van der Waals surface area contributed by atoms with Crippen molar-refractivity contribution in [1.82, 2.24) is 19.8 Å². The van der Waals surface area contributed by atoms with Gasteiger partial charge in [-0.05, 0) is 20.8 Å². The largest absolute Gasteiger partial charge is 0.357 e. The Balaban J connectivity index is 2.04. The van der Waals surface area contributed by atoms with Crippen LogP contribution in [0.4, 0.5) is 0 Å². The summed E-state index contributed by atoms with van der Waals surface area (Å²) in [6.45, 7) is 8.67. The number of sulfone groups is 1. The molecule has 1 aromatic rings. The fourth-order valence-corrected chi connectivity index (χ4v) is 3.81. The van der Waals surface area contributed by atoms with E-state index < -0.39 is 14.6 Å². The molecule has 0 aromatic carbocycles. The maximum Gasteiger partial charge on any atom is 0.194 e. The molecule has 0 spiro atoms. The van der Waals surface area contributed by atoms with Crippen LogP contribution in [-0.2, 0) is 16.4 Å². The molecule has 0 amide bonds. The highest BCUT2D eigenvalue weighted by Gasteiger charge is 2.40. The van der Waals surface area contributed by atoms with E-state index in [1.807, 2.05) is 22.6 Å². The number of nitrogens with zero attached hydrogens (tertiary/aromatic N) is 4. The SMILES string of the molecule is CCNC(=NCCn1ccnc1)N1CCS(=O)(=O)C(C)(C)C1. The second kappa shape index (κ2) is 6.68. The van der Waals surface area contributed by atoms with Gasteiger partial charge < -0.3 is 14.8 Å². The van der Waals surface area contributed by atoms with Crippen molar-refractivity contribution in [2.24, 2.45) is 4.99 Å². The zero-order chi connectivity index (χ0) is 16.2. The normalized spacial score (nSPS) is 20.9. The molecule has 2 heterocycles. The van der Waals surface area contributed by atoms with Crippen LogP contribution in [0.3, 0.4) is 0 Å². The molecule has 7 nitrogen and oxygen atoms in total. The van der Waals surface area contributed by atoms with Crippen LogP contribution in [0.15, 0.2) is 23.7 Å². The summed E-state index contributed by atoms with van der Waals surface area (Å²) in [6, 6.07) is 0. The van der Waals surface area contributed by atoms with Crippen LogP contribution in [-0.4, -0.2) is 65.5 Å². The van der Waals surface area contributed by atoms with Crippen LogP contribution in [0.1, 0.15) is 20.8 Å². The van der Waals surface area contributed by atoms with Gasteiger partial charge in [-0.3, -0.25) is 4.99 Å². The van der Waals surface area contributed by atoms with E-state index in [9.17, 15) is 8.42 Å². The van der Waals surface area contributed by atoms with Crippen LogP contribution in [0.25, 0.3) is 0 Å². The lowest BCUT2D eigenvalue weighted by Crippen LogP contribution is -2.57. The Morgan fingerprint density at radius 1 is 1.45 bits per heavy atom. The van der Waals surface area contributed by atoms with Gasteiger partial charge in [-0.2, -0.15) is 0 Å². The molecule has 1 aromatic heterocycles. The maximum absolute atomic E-state index is 12.1. The van der Waals surface area contributed by atoms with E-state index in [4.69, 9.17) is 0 Å². The molecule has 0 bridgehead atoms. The number of imidazole rings is 1. The van der Waals surface area contributed by atoms with E-state index >= 15 is 0 Å². The minimum absolute atomic E-state index is 0.173. The summed E-state index contributed by atoms with van der Waals surface area (Å²) in [4.78, 5) is 10.7. The molecule has 1 fully saturated rings. The Hall–Kier alpha value is -1.57. The average molecular weight is 327 g/mol. The molecule has 1 saturated heterocycles. The van der Waals surface area contributed by atoms with Crippen molar-refractivity contribution in [3.63, 3.8) is 0 Å². The standard InChI is InChI=1S/C14H25N5O2S/c1-4-16-13(17-6-8-18-7-5-15-12-18)19-9-10-22(20,21)14(2,3)11-19/h5,7,12H,4,6,8-11H2,1-3H3,(H,16,17). The maximum atomic E-state index is 12.1. The number of guanidine groups is 1. The minimum Gasteiger partial charge on any atom is -0.357 e. The zero-order valence-corrected chi connectivity index (χ0v) is 14.3. The third-order valence-electron chi connectivity index (χ3n) is 3.86. The Kier molecular flexibility index (Phi) is 5.10. The number of aliphatic imine (C=N–C) groups is 1. The molecule has 22 heavy (non-hydrogen) atoms. The third-order valence-corrected chi connectivity index (χ3v) is 6.39. The first-order valence-corrected chi connectivity index (χ1v) is 9.22. The van der Waals surface area contributed by atoms with E-state index in [-0.39, 0.29) is 5.75 Å². The van der Waals surface area contributed by atoms with Gasteiger partial charge in [-0.25, -0.2) is 13.4 Å². The first-order chi connectivity index (χ1) is 10.4. The number of rotatable bonds is 4. The predicted octanol–water partition coefficient (Wildman–Crippen LogP) is 0.358. The molecule has 124 valence electrons. The topological polar surface area (TPSA) is 79.6 Å². The van der Waals surface area contributed by atoms with Crippen molar-refractivity contribution in [3.8, 4) is 0 Å². The lowest BCUT2D eigenvalue weighted by Gasteiger charge is -2.39. The van der Waals surface area contributed by atoms with Gasteiger partial charge in [0.05, 0.1) is 23.4 Å². The molecule has 0 unspecified atom stereocenters. The van der Waals surface area contributed by atoms with E-state index in [0.29, 0.717) is 19.6 Å². The molecule has 0 radical (unpaired) electrons. The third kappa shape index (κ3) is 3.79. The lowest BCUT2D eigenvalue weighted by molar-refractivity contribution is 0.353. The Morgan fingerprint density at radius 3 is 2.82 bits per heavy atom. The fraction of sp³-hybridized carbons (Fsp3) is 0.714. The molecule has 0 atom stereocenters. The van der Waals surface area contributed by atoms with Crippen molar-refractivity contribution >= 4 is 15.8 Å². The van der Waals surface area contributed by atoms with Crippen LogP contribution < -0.4 is 5.32 Å². The highest BCUT2D eigenvalue weighted by atomic mass is 32.2. The summed E-state index contributed by atoms with van der Waals surface area (Å²) in [7, 11) is -3.04. The molecule has 1 aliphatic rings. The van der Waals surface area contributed by atoms with Gasteiger partial charge >= 0.3 is 0 Å². The quantitative estimate of drug-likeness (QED) is 0.638. The van der Waals surface area contributed by atoms with Crippen LogP contribution in [0, 0.1) is 0 Å². The van der Waals surface area contributed by atoms with E-state index in [1.165, 1.54) is 0 Å². The monoisotopic (exact) mass is 327 g/mol. The summed E-state index contributed by atoms with van der Waals surface area (Å²) in [6.07, 6.45) is 5.41. The predicted molar refractivity (Wildman–Crippen MR) is 87.6 cm³/mol. The number of nitrogens with one attached hydrogen (secondary N) is 1. The molecule has 0 aliphatic carbocycles. The second-order valence-electron chi connectivity index (χ2n) is 6.04. The average Bonchev–Trinajstić information content (AvgIpc) is 2.94. The Morgan fingerprint density at radius 2 is 2.23 bits per heavy atom. The molecule has 8 heteroatoms. The van der Waals surface area contributed by atoms with E-state index in [1.54, 1.807) is 26.4 Å². The zero-order valence-electron chi connectivity index (χ0n) is 13.5. The van der Waals surface area contributed by atoms with Crippen LogP contribution in [0.5, 0.6) is 0 Å². The summed E-state index contributed by atoms with van der Waals surface area (Å²) in [5, 5.41) is 3.25. The molecule has 0 saturated carbocycles. The first-order valence-electron chi connectivity index (χ1n) is 7.57. The summed E-state index contributed by atoms with van der Waals surface area (Å²) in [5.41, 5.74) is 0. The Bertz CT molecular complexity index is 607. The van der Waals surface area contributed by atoms with E-state index in [2.05, 4.69) is 15.3 Å². The summed E-state index contributed by atoms with van der Waals surface area (Å²) < 4.78 is 25.4. The highest BCUT2D eigenvalue weighted by Crippen LogP contribution is 2.23. The lowest BCUT2D eigenvalue weighted by atomic mass is 10.2. The van der Waals surface area contributed by atoms with Crippen LogP contribution in [0.2, 0.25) is 0 Å². The Labute approximate surface area is 132 Å². The number of aromatic nitrogens is 2. The molecule has 1 N–H and O–H groups in total. The van der Waals surface area contributed by atoms with Gasteiger partial charge in [-0.1, -0.05) is 0 Å². The fourth-order valence-electron chi connectivity index (χ4n) is 2.44. The molecular formula is C14H25N5O2S. The smallest absolute Gasteiger partial charge is 0.194 e. The molecular weight excluding hydrogens is 302 g/mol. The van der Waals surface area contributed by atoms with Crippen molar-refractivity contribution in [2.45, 2.75) is 32.1 Å². The summed E-state index contributed by atoms with van der Waals surface area (Å²) in [5.74, 6) is 0.956. The van der Waals surface area contributed by atoms with Gasteiger partial charge in [0.15, 0.2) is 15.8 Å². The van der Waals surface area contributed by atoms with Gasteiger partial charge in [-0.15, -0.1) is 0 Å². The van der Waals surface area contributed by atoms with Gasteiger partial charge in [0, 0.05) is 38.6 Å². The highest BCUT2D eigenvalue weighted by molar-refractivity contribution is 7.92. The molecule has 2 rings (SSSR count). The van der Waals surface area contributed by atoms with Gasteiger partial charge in [0.25, 0.3) is 0 Å². The van der Waals surface area contributed by atoms with Crippen molar-refractivity contribution in [3.05, 3.63) is 18.7 Å². The van der Waals surface area contributed by atoms with Crippen LogP contribution >= 0.6 is 0 Å². The number of hydrogen-bond acceptors (Lipinski definition) is 4. The van der Waals surface area contributed by atoms with Crippen molar-refractivity contribution in [1.29, 1.82) is 0 Å². The minimum atomic E-state index is -3.04. The number of hydrogen-bond donors (Lipinski definition) is 1. The second-order valence-corrected chi connectivity index (χ2v) is 8.78. The first kappa shape index (κ1) is 16.8. The summed E-state index contributed by atoms with van der Waals surface area (Å²) >= 11 is 0. The van der Waals surface area contributed by atoms with Gasteiger partial charge in [0.1, 0.15) is 0 Å². The van der Waals surface area contributed by atoms with Crippen molar-refractivity contribution in [2.75, 3.05) is 31.9 Å². The van der Waals surface area contributed by atoms with Gasteiger partial charge in [0.2, 0.25) is 0 Å². The van der Waals surface area contributed by atoms with Crippen molar-refractivity contribution < 1.29 is 8.42 Å². The molecule has 1 aliphatic heterocycles. The van der Waals surface area contributed by atoms with E-state index in [0.717, 1.165) is 19.0 Å².